The van der Waals surface area contributed by atoms with Crippen LogP contribution in [0.2, 0.25) is 0 Å². The van der Waals surface area contributed by atoms with Crippen molar-refractivity contribution in [3.8, 4) is 0 Å². The van der Waals surface area contributed by atoms with Gasteiger partial charge in [0.25, 0.3) is 0 Å². The highest BCUT2D eigenvalue weighted by molar-refractivity contribution is 5.19. The topological polar surface area (TPSA) is 0 Å². The molecule has 82 valence electrons. The Labute approximate surface area is 93.7 Å². The Balaban J connectivity index is 2.05. The first-order valence-electron chi connectivity index (χ1n) is 6.41. The van der Waals surface area contributed by atoms with Crippen molar-refractivity contribution in [2.75, 3.05) is 0 Å². The summed E-state index contributed by atoms with van der Waals surface area (Å²) in [6.45, 7) is 2.42. The minimum Gasteiger partial charge on any atom is -0.0625 e. The summed E-state index contributed by atoms with van der Waals surface area (Å²) < 4.78 is 0. The molecule has 0 heteroatoms. The van der Waals surface area contributed by atoms with Crippen LogP contribution in [0.3, 0.4) is 0 Å². The van der Waals surface area contributed by atoms with Gasteiger partial charge in [-0.3, -0.25) is 0 Å². The zero-order chi connectivity index (χ0) is 10.5. The van der Waals surface area contributed by atoms with Crippen LogP contribution in [0.4, 0.5) is 0 Å². The summed E-state index contributed by atoms with van der Waals surface area (Å²) >= 11 is 0. The molecule has 0 heterocycles. The molecule has 0 nitrogen and oxygen atoms in total. The summed E-state index contributed by atoms with van der Waals surface area (Å²) in [6, 6.07) is 11.1. The molecule has 15 heavy (non-hydrogen) atoms. The third kappa shape index (κ3) is 3.09. The standard InChI is InChI=1S/C15H22/c1-13-8-4-2-7-11-15(12-13)14-9-5-3-6-10-14/h3,5-6,9-10,13,15H,2,4,7-8,11-12H2,1H3. The van der Waals surface area contributed by atoms with Crippen LogP contribution in [0, 0.1) is 5.92 Å². The van der Waals surface area contributed by atoms with Gasteiger partial charge >= 0.3 is 0 Å². The third-order valence-electron chi connectivity index (χ3n) is 3.71. The first kappa shape index (κ1) is 10.7. The van der Waals surface area contributed by atoms with Crippen LogP contribution in [-0.2, 0) is 0 Å². The number of rotatable bonds is 1. The van der Waals surface area contributed by atoms with E-state index in [9.17, 15) is 0 Å². The van der Waals surface area contributed by atoms with E-state index in [4.69, 9.17) is 0 Å². The molecule has 1 aliphatic carbocycles. The van der Waals surface area contributed by atoms with Crippen LogP contribution in [0.5, 0.6) is 0 Å². The van der Waals surface area contributed by atoms with E-state index in [1.54, 1.807) is 5.56 Å². The van der Waals surface area contributed by atoms with Crippen LogP contribution in [0.1, 0.15) is 56.9 Å². The smallest absolute Gasteiger partial charge is 0.0159 e. The van der Waals surface area contributed by atoms with Gasteiger partial charge in [0, 0.05) is 0 Å². The van der Waals surface area contributed by atoms with Crippen molar-refractivity contribution in [3.05, 3.63) is 35.9 Å². The second-order valence-electron chi connectivity index (χ2n) is 5.09. The third-order valence-corrected chi connectivity index (χ3v) is 3.71. The summed E-state index contributed by atoms with van der Waals surface area (Å²) in [4.78, 5) is 0. The van der Waals surface area contributed by atoms with Gasteiger partial charge in [-0.15, -0.1) is 0 Å². The molecule has 2 atom stereocenters. The van der Waals surface area contributed by atoms with Gasteiger partial charge in [-0.2, -0.15) is 0 Å². The highest BCUT2D eigenvalue weighted by Crippen LogP contribution is 2.33. The van der Waals surface area contributed by atoms with Crippen molar-refractivity contribution in [3.63, 3.8) is 0 Å². The molecular weight excluding hydrogens is 180 g/mol. The van der Waals surface area contributed by atoms with Gasteiger partial charge in [0.1, 0.15) is 0 Å². The van der Waals surface area contributed by atoms with E-state index >= 15 is 0 Å². The molecular formula is C15H22. The predicted octanol–water partition coefficient (Wildman–Crippen LogP) is 4.76. The fraction of sp³-hybridized carbons (Fsp3) is 0.600. The summed E-state index contributed by atoms with van der Waals surface area (Å²) in [5.74, 6) is 1.73. The molecule has 1 fully saturated rings. The Morgan fingerprint density at radius 3 is 2.47 bits per heavy atom. The molecule has 0 saturated heterocycles. The van der Waals surface area contributed by atoms with Crippen molar-refractivity contribution >= 4 is 0 Å². The lowest BCUT2D eigenvalue weighted by molar-refractivity contribution is 0.369. The average molecular weight is 202 g/mol. The zero-order valence-electron chi connectivity index (χ0n) is 9.78. The largest absolute Gasteiger partial charge is 0.0625 e. The Morgan fingerprint density at radius 2 is 1.67 bits per heavy atom. The molecule has 1 aromatic rings. The maximum absolute atomic E-state index is 2.42. The molecule has 0 aromatic heterocycles. The van der Waals surface area contributed by atoms with E-state index < -0.39 is 0 Å². The van der Waals surface area contributed by atoms with Gasteiger partial charge in [-0.1, -0.05) is 62.9 Å². The maximum Gasteiger partial charge on any atom is -0.0159 e. The van der Waals surface area contributed by atoms with Gasteiger partial charge in [-0.05, 0) is 30.2 Å². The Morgan fingerprint density at radius 1 is 0.933 bits per heavy atom. The van der Waals surface area contributed by atoms with E-state index in [0.717, 1.165) is 11.8 Å². The highest BCUT2D eigenvalue weighted by Gasteiger charge is 2.17. The molecule has 0 amide bonds. The molecule has 0 spiro atoms. The first-order valence-corrected chi connectivity index (χ1v) is 6.41. The molecule has 2 rings (SSSR count). The number of benzene rings is 1. The van der Waals surface area contributed by atoms with Crippen LogP contribution < -0.4 is 0 Å². The van der Waals surface area contributed by atoms with Crippen LogP contribution in [-0.4, -0.2) is 0 Å². The van der Waals surface area contributed by atoms with Gasteiger partial charge in [0.15, 0.2) is 0 Å². The van der Waals surface area contributed by atoms with E-state index in [2.05, 4.69) is 37.3 Å². The van der Waals surface area contributed by atoms with Crippen molar-refractivity contribution in [2.45, 2.75) is 51.4 Å². The number of hydrogen-bond donors (Lipinski definition) is 0. The highest BCUT2D eigenvalue weighted by atomic mass is 14.2. The Bertz CT molecular complexity index is 275. The SMILES string of the molecule is CC1CCCCCC(c2ccccc2)C1. The van der Waals surface area contributed by atoms with Gasteiger partial charge in [-0.25, -0.2) is 0 Å². The predicted molar refractivity (Wildman–Crippen MR) is 66.0 cm³/mol. The minimum absolute atomic E-state index is 0.821. The second-order valence-corrected chi connectivity index (χ2v) is 5.09. The van der Waals surface area contributed by atoms with Crippen LogP contribution in [0.15, 0.2) is 30.3 Å². The zero-order valence-corrected chi connectivity index (χ0v) is 9.78. The Hall–Kier alpha value is -0.780. The van der Waals surface area contributed by atoms with Crippen molar-refractivity contribution < 1.29 is 0 Å². The van der Waals surface area contributed by atoms with E-state index in [-0.39, 0.29) is 0 Å². The second kappa shape index (κ2) is 5.34. The lowest BCUT2D eigenvalue weighted by Crippen LogP contribution is -2.08. The lowest BCUT2D eigenvalue weighted by atomic mass is 9.81. The quantitative estimate of drug-likeness (QED) is 0.616. The molecule has 1 aromatic carbocycles. The van der Waals surface area contributed by atoms with E-state index in [0.29, 0.717) is 0 Å². The lowest BCUT2D eigenvalue weighted by Gasteiger charge is -2.24. The van der Waals surface area contributed by atoms with E-state index in [1.807, 2.05) is 0 Å². The van der Waals surface area contributed by atoms with Crippen molar-refractivity contribution in [1.29, 1.82) is 0 Å². The van der Waals surface area contributed by atoms with Gasteiger partial charge in [0.05, 0.1) is 0 Å². The molecule has 0 radical (unpaired) electrons. The average Bonchev–Trinajstić information content (AvgIpc) is 2.24. The van der Waals surface area contributed by atoms with Gasteiger partial charge in [0.2, 0.25) is 0 Å². The Kier molecular flexibility index (Phi) is 3.82. The summed E-state index contributed by atoms with van der Waals surface area (Å²) in [5.41, 5.74) is 1.56. The summed E-state index contributed by atoms with van der Waals surface area (Å²) in [6.07, 6.45) is 8.53. The summed E-state index contributed by atoms with van der Waals surface area (Å²) in [7, 11) is 0. The fourth-order valence-electron chi connectivity index (χ4n) is 2.81. The minimum atomic E-state index is 0.821. The molecule has 1 saturated carbocycles. The first-order chi connectivity index (χ1) is 7.36. The maximum atomic E-state index is 2.42. The van der Waals surface area contributed by atoms with Crippen LogP contribution in [0.25, 0.3) is 0 Å². The van der Waals surface area contributed by atoms with Crippen molar-refractivity contribution in [1.82, 2.24) is 0 Å². The monoisotopic (exact) mass is 202 g/mol. The number of hydrogen-bond acceptors (Lipinski definition) is 0. The molecule has 0 bridgehead atoms. The van der Waals surface area contributed by atoms with Crippen molar-refractivity contribution in [2.24, 2.45) is 5.92 Å². The molecule has 0 aliphatic heterocycles. The van der Waals surface area contributed by atoms with E-state index in [1.165, 1.54) is 38.5 Å². The molecule has 0 N–H and O–H groups in total. The molecule has 1 aliphatic rings. The normalized spacial score (nSPS) is 28.1. The molecule has 2 unspecified atom stereocenters. The summed E-state index contributed by atoms with van der Waals surface area (Å²) in [5, 5.41) is 0. The van der Waals surface area contributed by atoms with Gasteiger partial charge < -0.3 is 0 Å². The fourth-order valence-corrected chi connectivity index (χ4v) is 2.81. The van der Waals surface area contributed by atoms with Crippen LogP contribution >= 0.6 is 0 Å².